The lowest BCUT2D eigenvalue weighted by Crippen LogP contribution is -2.56. The first-order chi connectivity index (χ1) is 8.27. The van der Waals surface area contributed by atoms with Gasteiger partial charge >= 0.3 is 8.80 Å². The van der Waals surface area contributed by atoms with E-state index < -0.39 is 8.80 Å². The van der Waals surface area contributed by atoms with Gasteiger partial charge in [-0.25, -0.2) is 0 Å². The van der Waals surface area contributed by atoms with Crippen LogP contribution in [0.5, 0.6) is 11.5 Å². The molecule has 0 unspecified atom stereocenters. The van der Waals surface area contributed by atoms with E-state index in [4.69, 9.17) is 18.0 Å². The molecule has 94 valence electrons. The van der Waals surface area contributed by atoms with E-state index in [1.165, 1.54) is 0 Å². The molecular formula is C12H18O4Si. The molecule has 0 aliphatic carbocycles. The van der Waals surface area contributed by atoms with Crippen molar-refractivity contribution in [3.05, 3.63) is 18.2 Å². The standard InChI is InChI=1S/C12H18O4Si/c1-4-13-17(14-5-2,15-6-3)11-9-7-8-10-12(11)16-10/h7-9H,4-6H2,1-3H3. The Morgan fingerprint density at radius 2 is 1.59 bits per heavy atom. The second kappa shape index (κ2) is 5.18. The van der Waals surface area contributed by atoms with Crippen molar-refractivity contribution in [2.45, 2.75) is 20.8 Å². The average Bonchev–Trinajstić information content (AvgIpc) is 3.08. The molecule has 1 aliphatic heterocycles. The zero-order chi connectivity index (χ0) is 12.3. The summed E-state index contributed by atoms with van der Waals surface area (Å²) < 4.78 is 22.9. The van der Waals surface area contributed by atoms with Crippen LogP contribution >= 0.6 is 0 Å². The van der Waals surface area contributed by atoms with Crippen LogP contribution in [0.15, 0.2) is 18.2 Å². The Labute approximate surface area is 103 Å². The van der Waals surface area contributed by atoms with Crippen LogP contribution in [-0.2, 0) is 13.3 Å². The smallest absolute Gasteiger partial charge is 0.449 e. The molecule has 0 fully saturated rings. The zero-order valence-corrected chi connectivity index (χ0v) is 11.5. The molecule has 5 heteroatoms. The highest BCUT2D eigenvalue weighted by Gasteiger charge is 2.49. The fourth-order valence-electron chi connectivity index (χ4n) is 1.86. The molecule has 2 rings (SSSR count). The van der Waals surface area contributed by atoms with Crippen molar-refractivity contribution in [2.75, 3.05) is 19.8 Å². The van der Waals surface area contributed by atoms with E-state index in [0.29, 0.717) is 19.8 Å². The highest BCUT2D eigenvalue weighted by molar-refractivity contribution is 6.76. The van der Waals surface area contributed by atoms with Crippen molar-refractivity contribution in [1.82, 2.24) is 0 Å². The van der Waals surface area contributed by atoms with Gasteiger partial charge in [0.15, 0.2) is 11.5 Å². The minimum atomic E-state index is -2.79. The third-order valence-electron chi connectivity index (χ3n) is 2.48. The minimum absolute atomic E-state index is 0.565. The summed E-state index contributed by atoms with van der Waals surface area (Å²) in [5, 5.41) is 0.945. The Kier molecular flexibility index (Phi) is 3.83. The second-order valence-electron chi connectivity index (χ2n) is 3.59. The predicted octanol–water partition coefficient (Wildman–Crippen LogP) is 2.05. The van der Waals surface area contributed by atoms with E-state index in [1.807, 2.05) is 39.0 Å². The Morgan fingerprint density at radius 3 is 2.12 bits per heavy atom. The fraction of sp³-hybridized carbons (Fsp3) is 0.500. The maximum Gasteiger partial charge on any atom is 0.541 e. The van der Waals surface area contributed by atoms with Crippen LogP contribution in [0.4, 0.5) is 0 Å². The second-order valence-corrected chi connectivity index (χ2v) is 6.11. The number of benzene rings is 1. The van der Waals surface area contributed by atoms with Gasteiger partial charge in [0.2, 0.25) is 0 Å². The number of rotatable bonds is 7. The summed E-state index contributed by atoms with van der Waals surface area (Å²) in [6, 6.07) is 5.85. The molecule has 17 heavy (non-hydrogen) atoms. The van der Waals surface area contributed by atoms with E-state index >= 15 is 0 Å². The molecule has 0 spiro atoms. The van der Waals surface area contributed by atoms with Crippen molar-refractivity contribution in [1.29, 1.82) is 0 Å². The van der Waals surface area contributed by atoms with Crippen molar-refractivity contribution in [3.8, 4) is 11.5 Å². The molecule has 0 amide bonds. The van der Waals surface area contributed by atoms with Gasteiger partial charge in [-0.3, -0.25) is 0 Å². The van der Waals surface area contributed by atoms with Crippen LogP contribution in [0.1, 0.15) is 20.8 Å². The molecule has 1 aromatic carbocycles. The highest BCUT2D eigenvalue weighted by atomic mass is 28.4. The lowest BCUT2D eigenvalue weighted by Gasteiger charge is -2.27. The van der Waals surface area contributed by atoms with Crippen molar-refractivity contribution in [3.63, 3.8) is 0 Å². The summed E-state index contributed by atoms with van der Waals surface area (Å²) in [5.41, 5.74) is 0. The number of ether oxygens (including phenoxy) is 1. The molecular weight excluding hydrogens is 236 g/mol. The molecule has 0 atom stereocenters. The number of hydrogen-bond donors (Lipinski definition) is 0. The SMILES string of the molecule is CCO[Si](OCC)(OCC)c1cccc2c1O2. The van der Waals surface area contributed by atoms with E-state index in [-0.39, 0.29) is 0 Å². The third-order valence-corrected chi connectivity index (χ3v) is 5.54. The van der Waals surface area contributed by atoms with Crippen LogP contribution in [-0.4, -0.2) is 28.6 Å². The lowest BCUT2D eigenvalue weighted by atomic mass is 10.4. The van der Waals surface area contributed by atoms with Gasteiger partial charge in [0, 0.05) is 19.8 Å². The number of fused-ring (bicyclic) bond motifs is 1. The zero-order valence-electron chi connectivity index (χ0n) is 10.5. The van der Waals surface area contributed by atoms with Crippen LogP contribution < -0.4 is 9.92 Å². The summed E-state index contributed by atoms with van der Waals surface area (Å²) >= 11 is 0. The van der Waals surface area contributed by atoms with Gasteiger partial charge in [-0.05, 0) is 26.8 Å². The van der Waals surface area contributed by atoms with Crippen molar-refractivity contribution >= 4 is 14.0 Å². The van der Waals surface area contributed by atoms with E-state index in [2.05, 4.69) is 0 Å². The molecule has 1 aliphatic rings. The molecule has 1 heterocycles. The first-order valence-corrected chi connectivity index (χ1v) is 7.73. The Balaban J connectivity index is 2.34. The summed E-state index contributed by atoms with van der Waals surface area (Å²) in [4.78, 5) is 0. The predicted molar refractivity (Wildman–Crippen MR) is 66.8 cm³/mol. The first kappa shape index (κ1) is 12.6. The molecule has 4 nitrogen and oxygen atoms in total. The van der Waals surface area contributed by atoms with Crippen LogP contribution in [0.2, 0.25) is 0 Å². The lowest BCUT2D eigenvalue weighted by molar-refractivity contribution is 0.0858. The molecule has 0 bridgehead atoms. The van der Waals surface area contributed by atoms with Gasteiger partial charge in [0.25, 0.3) is 0 Å². The maximum absolute atomic E-state index is 5.83. The van der Waals surface area contributed by atoms with Gasteiger partial charge in [-0.15, -0.1) is 0 Å². The Hall–Kier alpha value is -0.883. The van der Waals surface area contributed by atoms with Crippen LogP contribution in [0, 0.1) is 0 Å². The van der Waals surface area contributed by atoms with E-state index in [1.54, 1.807) is 0 Å². The normalized spacial score (nSPS) is 13.1. The molecule has 0 radical (unpaired) electrons. The summed E-state index contributed by atoms with van der Waals surface area (Å²) in [6.45, 7) is 7.54. The fourth-order valence-corrected chi connectivity index (χ4v) is 4.47. The molecule has 0 aromatic heterocycles. The van der Waals surface area contributed by atoms with Crippen molar-refractivity contribution < 1.29 is 18.0 Å². The summed E-state index contributed by atoms with van der Waals surface area (Å²) in [6.07, 6.45) is 0. The summed E-state index contributed by atoms with van der Waals surface area (Å²) in [7, 11) is -2.79. The van der Waals surface area contributed by atoms with Crippen LogP contribution in [0.25, 0.3) is 0 Å². The van der Waals surface area contributed by atoms with Gasteiger partial charge in [0.05, 0.1) is 5.19 Å². The number of hydrogen-bond acceptors (Lipinski definition) is 4. The molecule has 0 saturated carbocycles. The van der Waals surface area contributed by atoms with E-state index in [9.17, 15) is 0 Å². The number of para-hydroxylation sites is 1. The van der Waals surface area contributed by atoms with Gasteiger partial charge in [-0.1, -0.05) is 12.1 Å². The van der Waals surface area contributed by atoms with E-state index in [0.717, 1.165) is 16.7 Å². The molecule has 0 saturated heterocycles. The average molecular weight is 254 g/mol. The van der Waals surface area contributed by atoms with Crippen LogP contribution in [0.3, 0.4) is 0 Å². The monoisotopic (exact) mass is 254 g/mol. The van der Waals surface area contributed by atoms with Gasteiger partial charge in [0.1, 0.15) is 0 Å². The quantitative estimate of drug-likeness (QED) is 0.560. The van der Waals surface area contributed by atoms with Gasteiger partial charge in [-0.2, -0.15) is 0 Å². The largest absolute Gasteiger partial charge is 0.541 e. The van der Waals surface area contributed by atoms with Gasteiger partial charge < -0.3 is 18.0 Å². The maximum atomic E-state index is 5.83. The first-order valence-electron chi connectivity index (χ1n) is 6.00. The molecule has 0 N–H and O–H groups in total. The Bertz CT molecular complexity index is 377. The van der Waals surface area contributed by atoms with Crippen molar-refractivity contribution in [2.24, 2.45) is 0 Å². The molecule has 1 aromatic rings. The minimum Gasteiger partial charge on any atom is -0.449 e. The summed E-state index contributed by atoms with van der Waals surface area (Å²) in [5.74, 6) is 1.77. The third kappa shape index (κ3) is 2.37. The topological polar surface area (TPSA) is 40.2 Å². The highest BCUT2D eigenvalue weighted by Crippen LogP contribution is 2.44. The Morgan fingerprint density at radius 1 is 1.00 bits per heavy atom.